The predicted octanol–water partition coefficient (Wildman–Crippen LogP) is 2.28. The van der Waals surface area contributed by atoms with Gasteiger partial charge in [0.05, 0.1) is 7.11 Å². The van der Waals surface area contributed by atoms with Gasteiger partial charge in [-0.15, -0.1) is 0 Å². The molecule has 84 valence electrons. The number of phenolic OH excluding ortho intramolecular Hbond substituents is 1. The molecule has 0 unspecified atom stereocenters. The molecule has 0 saturated heterocycles. The molecule has 0 saturated carbocycles. The average molecular weight is 218 g/mol. The molecule has 0 fully saturated rings. The number of ether oxygens (including phenoxy) is 1. The van der Waals surface area contributed by atoms with Gasteiger partial charge >= 0.3 is 0 Å². The summed E-state index contributed by atoms with van der Waals surface area (Å²) in [5.74, 6) is 1.48. The van der Waals surface area contributed by atoms with Gasteiger partial charge < -0.3 is 14.4 Å². The second-order valence-corrected chi connectivity index (χ2v) is 3.42. The molecule has 0 aliphatic rings. The molecule has 2 rings (SSSR count). The number of aromatic hydroxyl groups is 1. The first kappa shape index (κ1) is 10.5. The number of imidazole rings is 1. The first-order valence-corrected chi connectivity index (χ1v) is 5.14. The van der Waals surface area contributed by atoms with Crippen molar-refractivity contribution in [3.05, 3.63) is 30.6 Å². The highest BCUT2D eigenvalue weighted by atomic mass is 16.5. The molecular weight excluding hydrogens is 204 g/mol. The lowest BCUT2D eigenvalue weighted by Crippen LogP contribution is -1.96. The topological polar surface area (TPSA) is 47.3 Å². The van der Waals surface area contributed by atoms with Crippen molar-refractivity contribution >= 4 is 0 Å². The van der Waals surface area contributed by atoms with Crippen molar-refractivity contribution in [1.29, 1.82) is 0 Å². The van der Waals surface area contributed by atoms with Crippen molar-refractivity contribution in [2.24, 2.45) is 0 Å². The Morgan fingerprint density at radius 3 is 2.94 bits per heavy atom. The molecule has 0 spiro atoms. The van der Waals surface area contributed by atoms with E-state index in [1.54, 1.807) is 18.3 Å². The Labute approximate surface area is 94.1 Å². The molecule has 0 amide bonds. The van der Waals surface area contributed by atoms with Crippen LogP contribution in [0.5, 0.6) is 11.5 Å². The highest BCUT2D eigenvalue weighted by Crippen LogP contribution is 2.30. The third kappa shape index (κ3) is 1.74. The first-order valence-electron chi connectivity index (χ1n) is 5.14. The molecule has 1 N–H and O–H groups in total. The first-order chi connectivity index (χ1) is 7.76. The molecule has 4 heteroatoms. The van der Waals surface area contributed by atoms with E-state index in [1.165, 1.54) is 7.11 Å². The minimum absolute atomic E-state index is 0.140. The molecule has 0 aliphatic heterocycles. The fraction of sp³-hybridized carbons (Fsp3) is 0.250. The molecular formula is C12H14N2O2. The van der Waals surface area contributed by atoms with Gasteiger partial charge in [-0.25, -0.2) is 4.98 Å². The van der Waals surface area contributed by atoms with E-state index >= 15 is 0 Å². The summed E-state index contributed by atoms with van der Waals surface area (Å²) in [6.45, 7) is 2.92. The number of methoxy groups -OCH3 is 1. The van der Waals surface area contributed by atoms with Crippen molar-refractivity contribution in [2.45, 2.75) is 13.5 Å². The quantitative estimate of drug-likeness (QED) is 0.859. The number of nitrogens with zero attached hydrogens (tertiary/aromatic N) is 2. The van der Waals surface area contributed by atoms with Crippen molar-refractivity contribution in [3.63, 3.8) is 0 Å². The summed E-state index contributed by atoms with van der Waals surface area (Å²) < 4.78 is 7.10. The summed E-state index contributed by atoms with van der Waals surface area (Å²) in [5.41, 5.74) is 0.932. The lowest BCUT2D eigenvalue weighted by atomic mass is 10.2. The fourth-order valence-corrected chi connectivity index (χ4v) is 1.64. The number of hydrogen-bond donors (Lipinski definition) is 1. The van der Waals surface area contributed by atoms with Crippen LogP contribution in [0.1, 0.15) is 6.92 Å². The number of aryl methyl sites for hydroxylation is 1. The van der Waals surface area contributed by atoms with Gasteiger partial charge in [0.1, 0.15) is 5.82 Å². The minimum Gasteiger partial charge on any atom is -0.504 e. The third-order valence-corrected chi connectivity index (χ3v) is 2.49. The number of benzene rings is 1. The van der Waals surface area contributed by atoms with Crippen LogP contribution >= 0.6 is 0 Å². The zero-order valence-electron chi connectivity index (χ0n) is 9.34. The summed E-state index contributed by atoms with van der Waals surface area (Å²) in [4.78, 5) is 4.29. The van der Waals surface area contributed by atoms with Gasteiger partial charge in [0.15, 0.2) is 11.5 Å². The largest absolute Gasteiger partial charge is 0.504 e. The van der Waals surface area contributed by atoms with Gasteiger partial charge in [-0.1, -0.05) is 0 Å². The predicted molar refractivity (Wildman–Crippen MR) is 61.6 cm³/mol. The van der Waals surface area contributed by atoms with Crippen LogP contribution in [-0.4, -0.2) is 21.8 Å². The lowest BCUT2D eigenvalue weighted by molar-refractivity contribution is 0.373. The zero-order valence-corrected chi connectivity index (χ0v) is 9.34. The molecule has 0 aliphatic carbocycles. The lowest BCUT2D eigenvalue weighted by Gasteiger charge is -2.07. The van der Waals surface area contributed by atoms with Crippen LogP contribution in [0.2, 0.25) is 0 Å². The molecule has 16 heavy (non-hydrogen) atoms. The van der Waals surface area contributed by atoms with Crippen molar-refractivity contribution in [1.82, 2.24) is 9.55 Å². The molecule has 1 aromatic carbocycles. The number of aromatic nitrogens is 2. The summed E-state index contributed by atoms with van der Waals surface area (Å²) in [5, 5.41) is 9.51. The molecule has 2 aromatic rings. The van der Waals surface area contributed by atoms with Crippen LogP contribution in [-0.2, 0) is 6.54 Å². The van der Waals surface area contributed by atoms with Crippen molar-refractivity contribution in [2.75, 3.05) is 7.11 Å². The molecule has 0 atom stereocenters. The van der Waals surface area contributed by atoms with E-state index in [0.29, 0.717) is 5.75 Å². The Morgan fingerprint density at radius 2 is 2.25 bits per heavy atom. The second kappa shape index (κ2) is 4.26. The highest BCUT2D eigenvalue weighted by Gasteiger charge is 2.08. The molecule has 1 heterocycles. The molecule has 4 nitrogen and oxygen atoms in total. The van der Waals surface area contributed by atoms with E-state index in [4.69, 9.17) is 4.74 Å². The maximum atomic E-state index is 9.51. The van der Waals surface area contributed by atoms with Crippen LogP contribution in [0.25, 0.3) is 11.4 Å². The normalized spacial score (nSPS) is 10.4. The minimum atomic E-state index is 0.140. The summed E-state index contributed by atoms with van der Waals surface area (Å²) in [6, 6.07) is 5.22. The summed E-state index contributed by atoms with van der Waals surface area (Å²) in [7, 11) is 1.53. The van der Waals surface area contributed by atoms with Crippen LogP contribution < -0.4 is 4.74 Å². The Kier molecular flexibility index (Phi) is 2.81. The van der Waals surface area contributed by atoms with Crippen LogP contribution in [0.4, 0.5) is 0 Å². The smallest absolute Gasteiger partial charge is 0.161 e. The summed E-state index contributed by atoms with van der Waals surface area (Å²) in [6.07, 6.45) is 3.69. The van der Waals surface area contributed by atoms with E-state index in [1.807, 2.05) is 16.8 Å². The summed E-state index contributed by atoms with van der Waals surface area (Å²) >= 11 is 0. The van der Waals surface area contributed by atoms with Gasteiger partial charge in [0.25, 0.3) is 0 Å². The van der Waals surface area contributed by atoms with Crippen LogP contribution in [0, 0.1) is 0 Å². The van der Waals surface area contributed by atoms with Gasteiger partial charge in [0, 0.05) is 24.5 Å². The molecule has 1 aromatic heterocycles. The van der Waals surface area contributed by atoms with Gasteiger partial charge in [0.2, 0.25) is 0 Å². The van der Waals surface area contributed by atoms with E-state index in [9.17, 15) is 5.11 Å². The van der Waals surface area contributed by atoms with Crippen molar-refractivity contribution < 1.29 is 9.84 Å². The van der Waals surface area contributed by atoms with Gasteiger partial charge in [-0.05, 0) is 25.1 Å². The monoisotopic (exact) mass is 218 g/mol. The number of hydrogen-bond acceptors (Lipinski definition) is 3. The standard InChI is InChI=1S/C12H14N2O2/c1-3-14-7-6-13-12(14)9-4-5-10(15)11(8-9)16-2/h4-8,15H,3H2,1-2H3. The average Bonchev–Trinajstić information content (AvgIpc) is 2.78. The Hall–Kier alpha value is -1.97. The van der Waals surface area contributed by atoms with E-state index in [-0.39, 0.29) is 5.75 Å². The Balaban J connectivity index is 2.48. The molecule has 0 bridgehead atoms. The van der Waals surface area contributed by atoms with E-state index < -0.39 is 0 Å². The highest BCUT2D eigenvalue weighted by molar-refractivity contribution is 5.61. The Bertz CT molecular complexity index is 492. The van der Waals surface area contributed by atoms with E-state index in [2.05, 4.69) is 11.9 Å². The number of phenols is 1. The SMILES string of the molecule is CCn1ccnc1-c1ccc(O)c(OC)c1. The van der Waals surface area contributed by atoms with E-state index in [0.717, 1.165) is 17.9 Å². The number of rotatable bonds is 3. The maximum Gasteiger partial charge on any atom is 0.161 e. The molecule has 0 radical (unpaired) electrons. The fourth-order valence-electron chi connectivity index (χ4n) is 1.64. The zero-order chi connectivity index (χ0) is 11.5. The van der Waals surface area contributed by atoms with Crippen LogP contribution in [0.3, 0.4) is 0 Å². The third-order valence-electron chi connectivity index (χ3n) is 2.49. The van der Waals surface area contributed by atoms with Crippen molar-refractivity contribution in [3.8, 4) is 22.9 Å². The van der Waals surface area contributed by atoms with Crippen LogP contribution in [0.15, 0.2) is 30.6 Å². The van der Waals surface area contributed by atoms with Gasteiger partial charge in [-0.3, -0.25) is 0 Å². The Morgan fingerprint density at radius 1 is 1.44 bits per heavy atom. The maximum absolute atomic E-state index is 9.51. The van der Waals surface area contributed by atoms with Gasteiger partial charge in [-0.2, -0.15) is 0 Å². The second-order valence-electron chi connectivity index (χ2n) is 3.42.